The van der Waals surface area contributed by atoms with Crippen molar-refractivity contribution in [1.29, 1.82) is 0 Å². The largest absolute Gasteiger partial charge is 0.492 e. The van der Waals surface area contributed by atoms with E-state index in [-0.39, 0.29) is 0 Å². The van der Waals surface area contributed by atoms with Gasteiger partial charge in [-0.15, -0.1) is 10.2 Å². The molecule has 0 atom stereocenters. The third-order valence-corrected chi connectivity index (χ3v) is 5.21. The maximum absolute atomic E-state index is 5.89. The monoisotopic (exact) mass is 405 g/mol. The molecule has 0 radical (unpaired) electrons. The molecule has 0 amide bonds. The summed E-state index contributed by atoms with van der Waals surface area (Å²) in [6.45, 7) is 7.94. The average molecular weight is 406 g/mol. The second-order valence-corrected chi connectivity index (χ2v) is 7.19. The van der Waals surface area contributed by atoms with E-state index in [0.717, 1.165) is 61.1 Å². The van der Waals surface area contributed by atoms with Gasteiger partial charge in [-0.3, -0.25) is 9.89 Å². The van der Waals surface area contributed by atoms with E-state index in [2.05, 4.69) is 30.3 Å². The predicted molar refractivity (Wildman–Crippen MR) is 111 cm³/mol. The summed E-state index contributed by atoms with van der Waals surface area (Å²) in [5, 5.41) is 12.4. The first-order chi connectivity index (χ1) is 13.6. The predicted octanol–water partition coefficient (Wildman–Crippen LogP) is 1.55. The molecule has 1 saturated heterocycles. The van der Waals surface area contributed by atoms with Gasteiger partial charge in [-0.2, -0.15) is 0 Å². The van der Waals surface area contributed by atoms with Gasteiger partial charge < -0.3 is 19.5 Å². The average Bonchev–Trinajstić information content (AvgIpc) is 3.03. The molecule has 152 valence electrons. The molecule has 0 saturated carbocycles. The molecule has 1 aromatic heterocycles. The lowest BCUT2D eigenvalue weighted by Crippen LogP contribution is -2.53. The fourth-order valence-corrected chi connectivity index (χ4v) is 3.23. The van der Waals surface area contributed by atoms with Gasteiger partial charge >= 0.3 is 0 Å². The van der Waals surface area contributed by atoms with Crippen LogP contribution >= 0.6 is 11.6 Å². The Bertz CT molecular complexity index is 782. The Labute approximate surface area is 171 Å². The van der Waals surface area contributed by atoms with Crippen LogP contribution in [-0.2, 0) is 13.6 Å². The molecule has 1 aliphatic rings. The van der Waals surface area contributed by atoms with Crippen LogP contribution in [0.1, 0.15) is 11.6 Å². The smallest absolute Gasteiger partial charge is 0.194 e. The molecule has 0 aliphatic carbocycles. The van der Waals surface area contributed by atoms with Gasteiger partial charge in [0.25, 0.3) is 0 Å². The summed E-state index contributed by atoms with van der Waals surface area (Å²) in [5.74, 6) is 3.56. The lowest BCUT2D eigenvalue weighted by Gasteiger charge is -2.36. The van der Waals surface area contributed by atoms with Gasteiger partial charge in [-0.25, -0.2) is 0 Å². The number of aromatic nitrogens is 3. The van der Waals surface area contributed by atoms with E-state index < -0.39 is 0 Å². The second-order valence-electron chi connectivity index (χ2n) is 6.75. The van der Waals surface area contributed by atoms with E-state index in [9.17, 15) is 0 Å². The van der Waals surface area contributed by atoms with Crippen LogP contribution in [0.25, 0.3) is 0 Å². The molecule has 28 heavy (non-hydrogen) atoms. The Morgan fingerprint density at radius 2 is 1.89 bits per heavy atom. The van der Waals surface area contributed by atoms with Crippen LogP contribution in [0.4, 0.5) is 0 Å². The molecule has 2 aromatic rings. The van der Waals surface area contributed by atoms with Gasteiger partial charge in [-0.05, 0) is 31.2 Å². The molecule has 0 bridgehead atoms. The number of halogens is 1. The van der Waals surface area contributed by atoms with Gasteiger partial charge in [0.2, 0.25) is 0 Å². The first kappa shape index (κ1) is 20.4. The zero-order chi connectivity index (χ0) is 19.9. The van der Waals surface area contributed by atoms with Crippen LogP contribution in [0.15, 0.2) is 29.3 Å². The number of nitrogens with one attached hydrogen (secondary N) is 1. The molecule has 2 heterocycles. The van der Waals surface area contributed by atoms with Gasteiger partial charge in [0.15, 0.2) is 11.8 Å². The molecule has 0 unspecified atom stereocenters. The highest BCUT2D eigenvalue weighted by Gasteiger charge is 2.19. The van der Waals surface area contributed by atoms with Gasteiger partial charge in [0.1, 0.15) is 18.2 Å². The minimum atomic E-state index is 0.610. The van der Waals surface area contributed by atoms with Crippen molar-refractivity contribution < 1.29 is 4.74 Å². The molecule has 1 N–H and O–H groups in total. The second kappa shape index (κ2) is 9.75. The summed E-state index contributed by atoms with van der Waals surface area (Å²) in [6.07, 6.45) is 0. The summed E-state index contributed by atoms with van der Waals surface area (Å²) >= 11 is 5.89. The van der Waals surface area contributed by atoms with Crippen molar-refractivity contribution in [3.05, 3.63) is 40.9 Å². The molecule has 9 heteroatoms. The summed E-state index contributed by atoms with van der Waals surface area (Å²) < 4.78 is 7.78. The third-order valence-electron chi connectivity index (χ3n) is 4.96. The number of guanidine groups is 1. The lowest BCUT2D eigenvalue weighted by molar-refractivity contribution is 0.152. The van der Waals surface area contributed by atoms with Crippen molar-refractivity contribution in [1.82, 2.24) is 29.9 Å². The Hall–Kier alpha value is -2.32. The lowest BCUT2D eigenvalue weighted by atomic mass is 10.3. The van der Waals surface area contributed by atoms with Gasteiger partial charge in [0.05, 0.1) is 6.54 Å². The Morgan fingerprint density at radius 1 is 1.18 bits per heavy atom. The molecular formula is C19H28ClN7O. The van der Waals surface area contributed by atoms with Gasteiger partial charge in [-0.1, -0.05) is 11.6 Å². The highest BCUT2D eigenvalue weighted by molar-refractivity contribution is 6.30. The molecule has 1 aromatic carbocycles. The quantitative estimate of drug-likeness (QED) is 0.580. The van der Waals surface area contributed by atoms with Crippen LogP contribution < -0.4 is 10.1 Å². The number of aliphatic imine (C=N–C) groups is 1. The van der Waals surface area contributed by atoms with Crippen LogP contribution in [0, 0.1) is 6.92 Å². The van der Waals surface area contributed by atoms with E-state index in [4.69, 9.17) is 16.3 Å². The van der Waals surface area contributed by atoms with E-state index >= 15 is 0 Å². The van der Waals surface area contributed by atoms with E-state index in [0.29, 0.717) is 13.2 Å². The summed E-state index contributed by atoms with van der Waals surface area (Å²) in [6, 6.07) is 7.48. The number of benzene rings is 1. The van der Waals surface area contributed by atoms with Crippen molar-refractivity contribution in [2.75, 3.05) is 46.4 Å². The number of rotatable bonds is 6. The number of aryl methyl sites for hydroxylation is 1. The number of hydrogen-bond donors (Lipinski definition) is 1. The highest BCUT2D eigenvalue weighted by Crippen LogP contribution is 2.15. The first-order valence-electron chi connectivity index (χ1n) is 9.48. The number of ether oxygens (including phenoxy) is 1. The summed E-state index contributed by atoms with van der Waals surface area (Å²) in [4.78, 5) is 9.10. The fraction of sp³-hybridized carbons (Fsp3) is 0.526. The maximum atomic E-state index is 5.89. The van der Waals surface area contributed by atoms with Crippen molar-refractivity contribution in [3.63, 3.8) is 0 Å². The molecule has 1 aliphatic heterocycles. The van der Waals surface area contributed by atoms with E-state index in [1.165, 1.54) is 0 Å². The van der Waals surface area contributed by atoms with Crippen molar-refractivity contribution in [2.24, 2.45) is 12.0 Å². The molecule has 1 fully saturated rings. The van der Waals surface area contributed by atoms with Crippen molar-refractivity contribution in [2.45, 2.75) is 13.5 Å². The minimum Gasteiger partial charge on any atom is -0.492 e. The topological polar surface area (TPSA) is 70.8 Å². The fourth-order valence-electron chi connectivity index (χ4n) is 3.10. The van der Waals surface area contributed by atoms with E-state index in [1.807, 2.05) is 49.9 Å². The first-order valence-corrected chi connectivity index (χ1v) is 9.86. The highest BCUT2D eigenvalue weighted by atomic mass is 35.5. The zero-order valence-corrected chi connectivity index (χ0v) is 17.5. The standard InChI is InChI=1S/C19H28ClN7O/c1-15-23-24-18(25(15)3)14-22-19(21-2)27-10-8-26(9-11-27)12-13-28-17-6-4-16(20)5-7-17/h4-7H,8-14H2,1-3H3,(H,21,22). The summed E-state index contributed by atoms with van der Waals surface area (Å²) in [5.41, 5.74) is 0. The number of nitrogens with zero attached hydrogens (tertiary/aromatic N) is 6. The SMILES string of the molecule is CN=C(NCc1nnc(C)n1C)N1CCN(CCOc2ccc(Cl)cc2)CC1. The molecule has 3 rings (SSSR count). The number of piperazine rings is 1. The van der Waals surface area contributed by atoms with Crippen LogP contribution in [0.2, 0.25) is 5.02 Å². The summed E-state index contributed by atoms with van der Waals surface area (Å²) in [7, 11) is 3.79. The Kier molecular flexibility index (Phi) is 7.11. The third kappa shape index (κ3) is 5.36. The van der Waals surface area contributed by atoms with Crippen LogP contribution in [-0.4, -0.2) is 76.9 Å². The minimum absolute atomic E-state index is 0.610. The zero-order valence-electron chi connectivity index (χ0n) is 16.7. The molecular weight excluding hydrogens is 378 g/mol. The van der Waals surface area contributed by atoms with Crippen molar-refractivity contribution in [3.8, 4) is 5.75 Å². The van der Waals surface area contributed by atoms with E-state index in [1.54, 1.807) is 0 Å². The van der Waals surface area contributed by atoms with Gasteiger partial charge in [0, 0.05) is 51.8 Å². The normalized spacial score (nSPS) is 15.7. The maximum Gasteiger partial charge on any atom is 0.194 e. The Balaban J connectivity index is 1.39. The Morgan fingerprint density at radius 3 is 2.50 bits per heavy atom. The molecule has 0 spiro atoms. The van der Waals surface area contributed by atoms with Crippen LogP contribution in [0.5, 0.6) is 5.75 Å². The van der Waals surface area contributed by atoms with Crippen LogP contribution in [0.3, 0.4) is 0 Å². The number of hydrogen-bond acceptors (Lipinski definition) is 5. The van der Waals surface area contributed by atoms with Crippen molar-refractivity contribution >= 4 is 17.6 Å². The molecule has 8 nitrogen and oxygen atoms in total.